The van der Waals surface area contributed by atoms with Gasteiger partial charge in [0, 0.05) is 35.6 Å². The van der Waals surface area contributed by atoms with Gasteiger partial charge in [0.05, 0.1) is 23.2 Å². The summed E-state index contributed by atoms with van der Waals surface area (Å²) in [6, 6.07) is 14.3. The highest BCUT2D eigenvalue weighted by Crippen LogP contribution is 2.54. The fraction of sp³-hybridized carbons (Fsp3) is 0.308. The Balaban J connectivity index is 1.63. The largest absolute Gasteiger partial charge is 0.465 e. The summed E-state index contributed by atoms with van der Waals surface area (Å²) in [7, 11) is 3.87. The Hall–Kier alpha value is -3.08. The van der Waals surface area contributed by atoms with Crippen molar-refractivity contribution in [2.75, 3.05) is 30.5 Å². The second-order valence-corrected chi connectivity index (χ2v) is 11.5. The normalized spacial score (nSPS) is 20.5. The van der Waals surface area contributed by atoms with E-state index in [2.05, 4.69) is 0 Å². The number of esters is 1. The van der Waals surface area contributed by atoms with E-state index in [-0.39, 0.29) is 29.8 Å². The highest BCUT2D eigenvalue weighted by Gasteiger charge is 2.56. The van der Waals surface area contributed by atoms with Crippen molar-refractivity contribution in [1.29, 1.82) is 0 Å². The molecule has 2 aliphatic rings. The fourth-order valence-corrected chi connectivity index (χ4v) is 7.67. The molecule has 37 heavy (non-hydrogen) atoms. The maximum Gasteiger partial charge on any atom is 0.326 e. The van der Waals surface area contributed by atoms with Crippen molar-refractivity contribution in [3.05, 3.63) is 73.7 Å². The summed E-state index contributed by atoms with van der Waals surface area (Å²) in [6.45, 7) is 1.64. The molecule has 0 radical (unpaired) electrons. The van der Waals surface area contributed by atoms with E-state index in [9.17, 15) is 19.2 Å². The van der Waals surface area contributed by atoms with E-state index in [0.717, 1.165) is 22.6 Å². The number of thioether (sulfide) groups is 1. The number of aromatic nitrogens is 1. The van der Waals surface area contributed by atoms with Crippen molar-refractivity contribution >= 4 is 63.9 Å². The van der Waals surface area contributed by atoms with Gasteiger partial charge < -0.3 is 9.64 Å². The number of fused-ring (bicyclic) bond motifs is 2. The van der Waals surface area contributed by atoms with Gasteiger partial charge in [-0.1, -0.05) is 46.8 Å². The molecule has 0 spiro atoms. The summed E-state index contributed by atoms with van der Waals surface area (Å²) < 4.78 is 6.43. The van der Waals surface area contributed by atoms with Gasteiger partial charge in [-0.05, 0) is 48.9 Å². The molecular formula is C26H24ClN3O5S2. The molecule has 2 unspecified atom stereocenters. The molecule has 5 rings (SSSR count). The van der Waals surface area contributed by atoms with Crippen LogP contribution in [0.4, 0.5) is 11.4 Å². The second kappa shape index (κ2) is 10.00. The number of halogens is 1. The minimum Gasteiger partial charge on any atom is -0.465 e. The molecule has 8 nitrogen and oxygen atoms in total. The Kier molecular flexibility index (Phi) is 6.91. The van der Waals surface area contributed by atoms with Crippen molar-refractivity contribution in [1.82, 2.24) is 4.57 Å². The molecule has 0 aliphatic carbocycles. The number of carbonyl (C=O) groups is 3. The monoisotopic (exact) mass is 557 g/mol. The predicted molar refractivity (Wildman–Crippen MR) is 145 cm³/mol. The number of hydrogen-bond donors (Lipinski definition) is 0. The first-order chi connectivity index (χ1) is 17.7. The maximum absolute atomic E-state index is 13.9. The summed E-state index contributed by atoms with van der Waals surface area (Å²) in [6.07, 6.45) is 0. The van der Waals surface area contributed by atoms with Crippen LogP contribution in [0.15, 0.2) is 58.4 Å². The van der Waals surface area contributed by atoms with Crippen LogP contribution in [0.1, 0.15) is 23.3 Å². The Morgan fingerprint density at radius 1 is 1.03 bits per heavy atom. The van der Waals surface area contributed by atoms with Crippen molar-refractivity contribution in [2.24, 2.45) is 5.92 Å². The SMILES string of the molecule is CCOC(=O)Cn1c2c(sc1=O)[C@H](c1ccc(N(C)C)cc1)C1C(=O)N(c3ccc(Cl)cc3)C(=O)C1S2. The van der Waals surface area contributed by atoms with Crippen LogP contribution >= 0.6 is 34.7 Å². The van der Waals surface area contributed by atoms with Crippen LogP contribution in [-0.2, 0) is 25.7 Å². The van der Waals surface area contributed by atoms with E-state index in [1.807, 2.05) is 43.3 Å². The Labute approximate surface area is 226 Å². The molecule has 2 aromatic carbocycles. The number of benzene rings is 2. The van der Waals surface area contributed by atoms with Gasteiger partial charge in [-0.3, -0.25) is 23.7 Å². The third-order valence-electron chi connectivity index (χ3n) is 6.50. The van der Waals surface area contributed by atoms with E-state index >= 15 is 0 Å². The molecule has 1 fully saturated rings. The molecular weight excluding hydrogens is 534 g/mol. The highest BCUT2D eigenvalue weighted by molar-refractivity contribution is 8.00. The first-order valence-electron chi connectivity index (χ1n) is 11.7. The predicted octanol–water partition coefficient (Wildman–Crippen LogP) is 3.99. The van der Waals surface area contributed by atoms with Gasteiger partial charge in [-0.25, -0.2) is 4.90 Å². The Bertz CT molecular complexity index is 1430. The van der Waals surface area contributed by atoms with Gasteiger partial charge in [0.2, 0.25) is 11.8 Å². The van der Waals surface area contributed by atoms with Crippen molar-refractivity contribution < 1.29 is 19.1 Å². The molecule has 1 aromatic heterocycles. The first-order valence-corrected chi connectivity index (χ1v) is 13.7. The number of anilines is 2. The van der Waals surface area contributed by atoms with Crippen molar-refractivity contribution in [3.63, 3.8) is 0 Å². The zero-order valence-corrected chi connectivity index (χ0v) is 22.7. The average molecular weight is 558 g/mol. The summed E-state index contributed by atoms with van der Waals surface area (Å²) in [4.78, 5) is 56.4. The van der Waals surface area contributed by atoms with Gasteiger partial charge in [-0.15, -0.1) is 0 Å². The summed E-state index contributed by atoms with van der Waals surface area (Å²) >= 11 is 8.21. The van der Waals surface area contributed by atoms with Gasteiger partial charge in [0.15, 0.2) is 0 Å². The van der Waals surface area contributed by atoms with Crippen LogP contribution in [0.2, 0.25) is 5.02 Å². The summed E-state index contributed by atoms with van der Waals surface area (Å²) in [5.41, 5.74) is 2.25. The lowest BCUT2D eigenvalue weighted by atomic mass is 9.83. The number of hydrogen-bond acceptors (Lipinski definition) is 8. The van der Waals surface area contributed by atoms with E-state index in [0.29, 0.717) is 20.6 Å². The number of amides is 2. The molecule has 11 heteroatoms. The van der Waals surface area contributed by atoms with E-state index < -0.39 is 23.1 Å². The van der Waals surface area contributed by atoms with Crippen LogP contribution in [-0.4, -0.2) is 48.3 Å². The minimum absolute atomic E-state index is 0.196. The van der Waals surface area contributed by atoms with Crippen molar-refractivity contribution in [3.8, 4) is 0 Å². The average Bonchev–Trinajstić information content (AvgIpc) is 3.31. The second-order valence-electron chi connectivity index (χ2n) is 8.94. The van der Waals surface area contributed by atoms with Crippen LogP contribution in [0.25, 0.3) is 0 Å². The topological polar surface area (TPSA) is 88.9 Å². The smallest absolute Gasteiger partial charge is 0.326 e. The Morgan fingerprint density at radius 3 is 2.32 bits per heavy atom. The lowest BCUT2D eigenvalue weighted by Gasteiger charge is -2.31. The highest BCUT2D eigenvalue weighted by atomic mass is 35.5. The molecule has 3 aromatic rings. The van der Waals surface area contributed by atoms with Gasteiger partial charge in [0.25, 0.3) is 0 Å². The number of imide groups is 1. The summed E-state index contributed by atoms with van der Waals surface area (Å²) in [5, 5.41) is 0.278. The maximum atomic E-state index is 13.9. The molecule has 0 N–H and O–H groups in total. The molecule has 0 bridgehead atoms. The summed E-state index contributed by atoms with van der Waals surface area (Å²) in [5.74, 6) is -2.44. The van der Waals surface area contributed by atoms with E-state index in [4.69, 9.17) is 16.3 Å². The molecule has 2 aliphatic heterocycles. The van der Waals surface area contributed by atoms with Crippen LogP contribution in [0.3, 0.4) is 0 Å². The number of carbonyl (C=O) groups excluding carboxylic acids is 3. The van der Waals surface area contributed by atoms with Gasteiger partial charge in [0.1, 0.15) is 11.8 Å². The van der Waals surface area contributed by atoms with E-state index in [1.165, 1.54) is 21.2 Å². The lowest BCUT2D eigenvalue weighted by molar-refractivity contribution is -0.144. The van der Waals surface area contributed by atoms with Crippen LogP contribution < -0.4 is 14.7 Å². The Morgan fingerprint density at radius 2 is 1.70 bits per heavy atom. The zero-order valence-electron chi connectivity index (χ0n) is 20.3. The number of thiazole rings is 1. The first kappa shape index (κ1) is 25.6. The van der Waals surface area contributed by atoms with Gasteiger partial charge >= 0.3 is 10.8 Å². The van der Waals surface area contributed by atoms with Gasteiger partial charge in [-0.2, -0.15) is 0 Å². The number of rotatable bonds is 6. The molecule has 2 amide bonds. The minimum atomic E-state index is -0.753. The number of ether oxygens (including phenoxy) is 1. The third kappa shape index (κ3) is 4.47. The van der Waals surface area contributed by atoms with Crippen molar-refractivity contribution in [2.45, 2.75) is 29.7 Å². The zero-order chi connectivity index (χ0) is 26.4. The van der Waals surface area contributed by atoms with Crippen LogP contribution in [0.5, 0.6) is 0 Å². The molecule has 192 valence electrons. The molecule has 3 atom stereocenters. The lowest BCUT2D eigenvalue weighted by Crippen LogP contribution is -2.32. The third-order valence-corrected chi connectivity index (χ3v) is 9.35. The molecule has 0 saturated carbocycles. The number of nitrogens with zero attached hydrogens (tertiary/aromatic N) is 3. The fourth-order valence-electron chi connectivity index (χ4n) is 4.77. The molecule has 1 saturated heterocycles. The molecule has 3 heterocycles. The quantitative estimate of drug-likeness (QED) is 0.334. The van der Waals surface area contributed by atoms with Crippen LogP contribution in [0, 0.1) is 5.92 Å². The van der Waals surface area contributed by atoms with E-state index in [1.54, 1.807) is 31.2 Å². The standard InChI is InChI=1S/C26H24ClN3O5S2/c1-4-35-18(31)13-29-25-22(37-26(29)34)19(14-5-9-16(10-6-14)28(2)3)20-21(36-25)24(33)30(23(20)32)17-11-7-15(27)8-12-17/h5-12,19-21H,4,13H2,1-3H3/t19-,20?,21?/m1/s1.